The first-order valence-electron chi connectivity index (χ1n) is 11.3. The van der Waals surface area contributed by atoms with E-state index in [0.717, 1.165) is 27.8 Å². The van der Waals surface area contributed by atoms with Gasteiger partial charge < -0.3 is 14.3 Å². The van der Waals surface area contributed by atoms with Crippen LogP contribution in [0.5, 0.6) is 5.75 Å². The molecule has 178 valence electrons. The second-order valence-electron chi connectivity index (χ2n) is 8.49. The molecule has 1 amide bonds. The van der Waals surface area contributed by atoms with E-state index in [9.17, 15) is 14.7 Å². The van der Waals surface area contributed by atoms with Crippen molar-refractivity contribution in [1.29, 1.82) is 0 Å². The Morgan fingerprint density at radius 2 is 1.97 bits per heavy atom. The lowest BCUT2D eigenvalue weighted by atomic mass is 9.95. The number of nitrogens with zero attached hydrogens (tertiary/aromatic N) is 2. The molecule has 2 aromatic heterocycles. The maximum atomic E-state index is 13.4. The van der Waals surface area contributed by atoms with Gasteiger partial charge in [0, 0.05) is 0 Å². The topological polar surface area (TPSA) is 92.9 Å². The zero-order valence-electron chi connectivity index (χ0n) is 19.6. The maximum absolute atomic E-state index is 13.4. The third kappa shape index (κ3) is 4.00. The molecule has 0 aliphatic carbocycles. The largest absolute Gasteiger partial charge is 0.503 e. The highest BCUT2D eigenvalue weighted by molar-refractivity contribution is 7.22. The molecule has 0 fully saturated rings. The number of hydrogen-bond donors (Lipinski definition) is 1. The Labute approximate surface area is 206 Å². The number of fused-ring (bicyclic) bond motifs is 1. The fourth-order valence-corrected chi connectivity index (χ4v) is 5.49. The summed E-state index contributed by atoms with van der Waals surface area (Å²) in [7, 11) is 0. The van der Waals surface area contributed by atoms with Crippen LogP contribution in [0.4, 0.5) is 5.13 Å². The van der Waals surface area contributed by atoms with Gasteiger partial charge in [0.15, 0.2) is 16.7 Å². The first-order chi connectivity index (χ1) is 16.9. The van der Waals surface area contributed by atoms with Crippen molar-refractivity contribution in [2.24, 2.45) is 0 Å². The zero-order chi connectivity index (χ0) is 24.7. The van der Waals surface area contributed by atoms with Gasteiger partial charge in [-0.2, -0.15) is 0 Å². The Hall–Kier alpha value is -3.91. The molecule has 1 aliphatic rings. The second kappa shape index (κ2) is 9.03. The van der Waals surface area contributed by atoms with Crippen LogP contribution in [0.25, 0.3) is 10.2 Å². The third-order valence-electron chi connectivity index (χ3n) is 5.89. The number of furan rings is 1. The fourth-order valence-electron chi connectivity index (χ4n) is 4.32. The summed E-state index contributed by atoms with van der Waals surface area (Å²) < 4.78 is 11.9. The zero-order valence-corrected chi connectivity index (χ0v) is 20.4. The molecule has 7 nitrogen and oxygen atoms in total. The van der Waals surface area contributed by atoms with Crippen molar-refractivity contribution in [2.45, 2.75) is 33.2 Å². The number of anilines is 1. The predicted molar refractivity (Wildman–Crippen MR) is 134 cm³/mol. The van der Waals surface area contributed by atoms with Crippen molar-refractivity contribution in [3.63, 3.8) is 0 Å². The molecule has 3 heterocycles. The number of amides is 1. The highest BCUT2D eigenvalue weighted by Crippen LogP contribution is 2.44. The molecule has 35 heavy (non-hydrogen) atoms. The lowest BCUT2D eigenvalue weighted by Gasteiger charge is -2.24. The van der Waals surface area contributed by atoms with Crippen LogP contribution in [0.15, 0.2) is 70.5 Å². The highest BCUT2D eigenvalue weighted by Gasteiger charge is 2.46. The third-order valence-corrected chi connectivity index (χ3v) is 6.89. The van der Waals surface area contributed by atoms with Crippen LogP contribution in [0.1, 0.15) is 46.6 Å². The number of carbonyl (C=O) groups excluding carboxylic acids is 2. The molecular formula is C27H24N2O5S. The predicted octanol–water partition coefficient (Wildman–Crippen LogP) is 6.08. The van der Waals surface area contributed by atoms with Gasteiger partial charge in [-0.3, -0.25) is 14.5 Å². The minimum atomic E-state index is -0.873. The molecule has 0 bridgehead atoms. The average Bonchev–Trinajstić information content (AvgIpc) is 3.57. The number of aliphatic hydroxyl groups excluding tert-OH is 1. The quantitative estimate of drug-likeness (QED) is 0.317. The minimum Gasteiger partial charge on any atom is -0.503 e. The second-order valence-corrected chi connectivity index (χ2v) is 9.50. The van der Waals surface area contributed by atoms with Gasteiger partial charge in [0.2, 0.25) is 5.78 Å². The van der Waals surface area contributed by atoms with E-state index >= 15 is 0 Å². The number of hydrogen-bond acceptors (Lipinski definition) is 7. The van der Waals surface area contributed by atoms with Crippen molar-refractivity contribution < 1.29 is 23.8 Å². The van der Waals surface area contributed by atoms with E-state index in [1.165, 1.54) is 28.6 Å². The van der Waals surface area contributed by atoms with Crippen LogP contribution in [0, 0.1) is 13.8 Å². The van der Waals surface area contributed by atoms with E-state index in [0.29, 0.717) is 23.1 Å². The minimum absolute atomic E-state index is 0.0423. The van der Waals surface area contributed by atoms with Crippen LogP contribution in [-0.2, 0) is 4.79 Å². The van der Waals surface area contributed by atoms with Gasteiger partial charge in [-0.25, -0.2) is 4.98 Å². The lowest BCUT2D eigenvalue weighted by molar-refractivity contribution is -0.117. The van der Waals surface area contributed by atoms with E-state index in [4.69, 9.17) is 14.1 Å². The Morgan fingerprint density at radius 3 is 2.66 bits per heavy atom. The van der Waals surface area contributed by atoms with Crippen LogP contribution in [-0.4, -0.2) is 28.4 Å². The van der Waals surface area contributed by atoms with Crippen molar-refractivity contribution in [3.05, 3.63) is 88.6 Å². The van der Waals surface area contributed by atoms with E-state index < -0.39 is 23.5 Å². The number of rotatable bonds is 7. The maximum Gasteiger partial charge on any atom is 0.296 e. The number of aromatic nitrogens is 1. The molecule has 2 aromatic carbocycles. The SMILES string of the molecule is CCCOc1ccc(C2C(C(=O)c3ccco3)=C(O)C(=O)N2c2nc3c(C)cc(C)cc3s2)cc1. The summed E-state index contributed by atoms with van der Waals surface area (Å²) in [6.07, 6.45) is 2.26. The number of aryl methyl sites for hydroxylation is 2. The number of aliphatic hydroxyl groups is 1. The first kappa shape index (κ1) is 22.9. The molecule has 0 saturated heterocycles. The van der Waals surface area contributed by atoms with Crippen molar-refractivity contribution in [2.75, 3.05) is 11.5 Å². The van der Waals surface area contributed by atoms with Gasteiger partial charge in [0.05, 0.1) is 34.7 Å². The molecule has 1 aliphatic heterocycles. The van der Waals surface area contributed by atoms with Gasteiger partial charge in [0.25, 0.3) is 5.91 Å². The summed E-state index contributed by atoms with van der Waals surface area (Å²) in [4.78, 5) is 32.9. The summed E-state index contributed by atoms with van der Waals surface area (Å²) in [5.74, 6) is -1.10. The Bertz CT molecular complexity index is 1450. The molecule has 1 unspecified atom stereocenters. The number of benzene rings is 2. The normalized spacial score (nSPS) is 15.9. The summed E-state index contributed by atoms with van der Waals surface area (Å²) >= 11 is 1.35. The molecule has 0 saturated carbocycles. The van der Waals surface area contributed by atoms with Gasteiger partial charge in [-0.15, -0.1) is 0 Å². The smallest absolute Gasteiger partial charge is 0.296 e. The van der Waals surface area contributed by atoms with Crippen LogP contribution in [0.3, 0.4) is 0 Å². The molecule has 8 heteroatoms. The highest BCUT2D eigenvalue weighted by atomic mass is 32.1. The Kier molecular flexibility index (Phi) is 5.90. The van der Waals surface area contributed by atoms with Crippen molar-refractivity contribution >= 4 is 38.4 Å². The summed E-state index contributed by atoms with van der Waals surface area (Å²) in [5.41, 5.74) is 3.47. The van der Waals surface area contributed by atoms with E-state index in [1.54, 1.807) is 30.3 Å². The first-order valence-corrected chi connectivity index (χ1v) is 12.2. The van der Waals surface area contributed by atoms with E-state index in [2.05, 4.69) is 0 Å². The number of carbonyl (C=O) groups is 2. The van der Waals surface area contributed by atoms with Gasteiger partial charge >= 0.3 is 0 Å². The number of ketones is 1. The molecular weight excluding hydrogens is 464 g/mol. The number of ether oxygens (including phenoxy) is 1. The Balaban J connectivity index is 1.64. The van der Waals surface area contributed by atoms with E-state index in [-0.39, 0.29) is 11.3 Å². The number of thiazole rings is 1. The standard InChI is InChI=1S/C27H24N2O5S/c1-4-11-33-18-9-7-17(8-10-18)23-21(24(30)19-6-5-12-34-19)25(31)26(32)29(23)27-28-22-16(3)13-15(2)14-20(22)35-27/h5-10,12-14,23,31H,4,11H2,1-3H3. The molecule has 0 radical (unpaired) electrons. The van der Waals surface area contributed by atoms with Crippen LogP contribution < -0.4 is 9.64 Å². The van der Waals surface area contributed by atoms with Crippen molar-refractivity contribution in [3.8, 4) is 5.75 Å². The molecule has 1 N–H and O–H groups in total. The average molecular weight is 489 g/mol. The molecule has 0 spiro atoms. The van der Waals surface area contributed by atoms with E-state index in [1.807, 2.05) is 32.9 Å². The van der Waals surface area contributed by atoms with Gasteiger partial charge in [-0.1, -0.05) is 36.5 Å². The Morgan fingerprint density at radius 1 is 1.20 bits per heavy atom. The lowest BCUT2D eigenvalue weighted by Crippen LogP contribution is -2.30. The summed E-state index contributed by atoms with van der Waals surface area (Å²) in [5, 5.41) is 11.3. The number of Topliss-reactive ketones (excluding diaryl/α,β-unsaturated/α-hetero) is 1. The van der Waals surface area contributed by atoms with Crippen LogP contribution in [0.2, 0.25) is 0 Å². The molecule has 4 aromatic rings. The fraction of sp³-hybridized carbons (Fsp3) is 0.222. The van der Waals surface area contributed by atoms with Crippen molar-refractivity contribution in [1.82, 2.24) is 4.98 Å². The molecule has 1 atom stereocenters. The van der Waals surface area contributed by atoms with Gasteiger partial charge in [-0.05, 0) is 67.3 Å². The van der Waals surface area contributed by atoms with Gasteiger partial charge in [0.1, 0.15) is 5.75 Å². The monoisotopic (exact) mass is 488 g/mol. The summed E-state index contributed by atoms with van der Waals surface area (Å²) in [6, 6.07) is 13.5. The molecule has 5 rings (SSSR count). The van der Waals surface area contributed by atoms with Crippen LogP contribution >= 0.6 is 11.3 Å². The summed E-state index contributed by atoms with van der Waals surface area (Å²) in [6.45, 7) is 6.59.